The first-order valence-corrected chi connectivity index (χ1v) is 6.41. The zero-order chi connectivity index (χ0) is 12.0. The second-order valence-electron chi connectivity index (χ2n) is 4.55. The van der Waals surface area contributed by atoms with Crippen LogP contribution < -0.4 is 5.32 Å². The number of nitrogens with one attached hydrogen (secondary N) is 1. The topological polar surface area (TPSA) is 49.3 Å². The second-order valence-corrected chi connectivity index (χ2v) is 5.46. The van der Waals surface area contributed by atoms with Crippen molar-refractivity contribution >= 4 is 27.6 Å². The van der Waals surface area contributed by atoms with Crippen LogP contribution in [0.5, 0.6) is 0 Å². The molecule has 4 heteroatoms. The molecule has 0 fully saturated rings. The molecule has 3 atom stereocenters. The minimum Gasteiger partial charge on any atom is -0.480 e. The van der Waals surface area contributed by atoms with Gasteiger partial charge in [0, 0.05) is 22.0 Å². The molecule has 2 N–H and O–H groups in total. The van der Waals surface area contributed by atoms with Gasteiger partial charge in [-0.25, -0.2) is 4.79 Å². The van der Waals surface area contributed by atoms with Crippen LogP contribution in [0, 0.1) is 5.92 Å². The second kappa shape index (κ2) is 3.88. The van der Waals surface area contributed by atoms with Crippen LogP contribution in [0.2, 0.25) is 0 Å². The Morgan fingerprint density at radius 3 is 3.06 bits per heavy atom. The molecule has 1 aromatic rings. The molecule has 88 valence electrons. The number of anilines is 1. The molecule has 1 aliphatic heterocycles. The molecule has 3 nitrogen and oxygen atoms in total. The van der Waals surface area contributed by atoms with Gasteiger partial charge < -0.3 is 10.4 Å². The first-order chi connectivity index (χ1) is 8.16. The summed E-state index contributed by atoms with van der Waals surface area (Å²) in [7, 11) is 0. The summed E-state index contributed by atoms with van der Waals surface area (Å²) in [6, 6.07) is 5.47. The number of carboxylic acid groups (broad SMARTS) is 1. The van der Waals surface area contributed by atoms with Gasteiger partial charge in [0.15, 0.2) is 0 Å². The number of carbonyl (C=O) groups is 1. The number of aliphatic carboxylic acids is 1. The predicted molar refractivity (Wildman–Crippen MR) is 69.2 cm³/mol. The van der Waals surface area contributed by atoms with Gasteiger partial charge in [0.05, 0.1) is 0 Å². The highest BCUT2D eigenvalue weighted by atomic mass is 79.9. The molecule has 1 heterocycles. The number of allylic oxidation sites excluding steroid dienone is 2. The largest absolute Gasteiger partial charge is 0.480 e. The van der Waals surface area contributed by atoms with Gasteiger partial charge >= 0.3 is 5.97 Å². The molecule has 2 aliphatic rings. The lowest BCUT2D eigenvalue weighted by Crippen LogP contribution is -2.41. The van der Waals surface area contributed by atoms with E-state index in [1.807, 2.05) is 12.1 Å². The monoisotopic (exact) mass is 293 g/mol. The first kappa shape index (κ1) is 10.8. The van der Waals surface area contributed by atoms with Crippen LogP contribution in [0.3, 0.4) is 0 Å². The van der Waals surface area contributed by atoms with Gasteiger partial charge in [0.2, 0.25) is 0 Å². The summed E-state index contributed by atoms with van der Waals surface area (Å²) < 4.78 is 1.03. The highest BCUT2D eigenvalue weighted by Crippen LogP contribution is 2.45. The van der Waals surface area contributed by atoms with Gasteiger partial charge in [0.1, 0.15) is 6.04 Å². The van der Waals surface area contributed by atoms with Gasteiger partial charge in [-0.15, -0.1) is 0 Å². The van der Waals surface area contributed by atoms with Crippen molar-refractivity contribution in [1.29, 1.82) is 0 Å². The van der Waals surface area contributed by atoms with E-state index in [1.54, 1.807) is 0 Å². The van der Waals surface area contributed by atoms with Crippen LogP contribution in [0.1, 0.15) is 17.9 Å². The van der Waals surface area contributed by atoms with E-state index in [1.165, 1.54) is 5.56 Å². The standard InChI is InChI=1S/C13H12BrNO2/c14-7-4-5-11-10(6-7)8-2-1-3-9(8)12(15-11)13(16)17/h1-2,4-6,8-9,12,15H,3H2,(H,16,17)/t8-,9-,12+/m0/s1. The van der Waals surface area contributed by atoms with Crippen molar-refractivity contribution in [3.05, 3.63) is 40.4 Å². The Morgan fingerprint density at radius 2 is 2.29 bits per heavy atom. The smallest absolute Gasteiger partial charge is 0.326 e. The van der Waals surface area contributed by atoms with Crippen LogP contribution >= 0.6 is 15.9 Å². The van der Waals surface area contributed by atoms with E-state index >= 15 is 0 Å². The van der Waals surface area contributed by atoms with Crippen molar-refractivity contribution in [3.8, 4) is 0 Å². The summed E-state index contributed by atoms with van der Waals surface area (Å²) in [5.74, 6) is -0.406. The molecule has 3 rings (SSSR count). The van der Waals surface area contributed by atoms with E-state index in [9.17, 15) is 9.90 Å². The molecular formula is C13H12BrNO2. The third kappa shape index (κ3) is 1.67. The molecule has 0 amide bonds. The number of hydrogen-bond donors (Lipinski definition) is 2. The number of fused-ring (bicyclic) bond motifs is 3. The van der Waals surface area contributed by atoms with Crippen molar-refractivity contribution < 1.29 is 9.90 Å². The Bertz CT molecular complexity index is 512. The summed E-state index contributed by atoms with van der Waals surface area (Å²) in [4.78, 5) is 11.3. The van der Waals surface area contributed by atoms with Crippen LogP contribution in [0.15, 0.2) is 34.8 Å². The summed E-state index contributed by atoms with van der Waals surface area (Å²) in [6.07, 6.45) is 5.05. The highest BCUT2D eigenvalue weighted by Gasteiger charge is 2.40. The molecule has 1 aromatic carbocycles. The predicted octanol–water partition coefficient (Wildman–Crippen LogP) is 2.99. The van der Waals surface area contributed by atoms with Gasteiger partial charge in [-0.1, -0.05) is 28.1 Å². The quantitative estimate of drug-likeness (QED) is 0.783. The minimum absolute atomic E-state index is 0.134. The molecule has 0 unspecified atom stereocenters. The van der Waals surface area contributed by atoms with Crippen molar-refractivity contribution in [1.82, 2.24) is 0 Å². The molecular weight excluding hydrogens is 282 g/mol. The number of halogens is 1. The number of carboxylic acids is 1. The van der Waals surface area contributed by atoms with Crippen LogP contribution in [0.25, 0.3) is 0 Å². The Labute approximate surface area is 108 Å². The maximum absolute atomic E-state index is 11.3. The molecule has 1 aliphatic carbocycles. The fraction of sp³-hybridized carbons (Fsp3) is 0.308. The molecule has 0 spiro atoms. The lowest BCUT2D eigenvalue weighted by Gasteiger charge is -2.34. The third-order valence-corrected chi connectivity index (χ3v) is 4.08. The molecule has 0 radical (unpaired) electrons. The Morgan fingerprint density at radius 1 is 1.47 bits per heavy atom. The summed E-state index contributed by atoms with van der Waals surface area (Å²) in [5, 5.41) is 12.4. The minimum atomic E-state index is -0.766. The summed E-state index contributed by atoms with van der Waals surface area (Å²) in [5.41, 5.74) is 2.13. The molecule has 0 aromatic heterocycles. The number of hydrogen-bond acceptors (Lipinski definition) is 2. The SMILES string of the molecule is O=C(O)[C@@H]1Nc2ccc(Br)cc2[C@H]2C=CC[C@@H]21. The van der Waals surface area contributed by atoms with E-state index in [0.717, 1.165) is 16.6 Å². The lowest BCUT2D eigenvalue weighted by molar-refractivity contribution is -0.139. The fourth-order valence-electron chi connectivity index (χ4n) is 2.81. The normalized spacial score (nSPS) is 29.4. The van der Waals surface area contributed by atoms with E-state index in [4.69, 9.17) is 0 Å². The zero-order valence-electron chi connectivity index (χ0n) is 9.06. The van der Waals surface area contributed by atoms with Crippen LogP contribution in [-0.4, -0.2) is 17.1 Å². The van der Waals surface area contributed by atoms with Crippen molar-refractivity contribution in [2.24, 2.45) is 5.92 Å². The van der Waals surface area contributed by atoms with Crippen molar-refractivity contribution in [2.75, 3.05) is 5.32 Å². The van der Waals surface area contributed by atoms with Crippen LogP contribution in [-0.2, 0) is 4.79 Å². The molecule has 0 bridgehead atoms. The van der Waals surface area contributed by atoms with Gasteiger partial charge in [-0.2, -0.15) is 0 Å². The van der Waals surface area contributed by atoms with Gasteiger partial charge in [-0.05, 0) is 30.2 Å². The molecule has 0 saturated carbocycles. The Kier molecular flexibility index (Phi) is 2.47. The lowest BCUT2D eigenvalue weighted by atomic mass is 9.79. The van der Waals surface area contributed by atoms with Crippen molar-refractivity contribution in [3.63, 3.8) is 0 Å². The van der Waals surface area contributed by atoms with E-state index < -0.39 is 12.0 Å². The first-order valence-electron chi connectivity index (χ1n) is 5.62. The number of benzene rings is 1. The maximum atomic E-state index is 11.3. The van der Waals surface area contributed by atoms with Crippen LogP contribution in [0.4, 0.5) is 5.69 Å². The Balaban J connectivity index is 2.09. The summed E-state index contributed by atoms with van der Waals surface area (Å²) in [6.45, 7) is 0. The Hall–Kier alpha value is -1.29. The van der Waals surface area contributed by atoms with E-state index in [-0.39, 0.29) is 11.8 Å². The average Bonchev–Trinajstić information content (AvgIpc) is 2.76. The third-order valence-electron chi connectivity index (χ3n) is 3.59. The maximum Gasteiger partial charge on any atom is 0.326 e. The van der Waals surface area contributed by atoms with Gasteiger partial charge in [0.25, 0.3) is 0 Å². The zero-order valence-corrected chi connectivity index (χ0v) is 10.6. The highest BCUT2D eigenvalue weighted by molar-refractivity contribution is 9.10. The van der Waals surface area contributed by atoms with Gasteiger partial charge in [-0.3, -0.25) is 0 Å². The molecule has 17 heavy (non-hydrogen) atoms. The fourth-order valence-corrected chi connectivity index (χ4v) is 3.19. The van der Waals surface area contributed by atoms with E-state index in [0.29, 0.717) is 0 Å². The summed E-state index contributed by atoms with van der Waals surface area (Å²) >= 11 is 3.46. The van der Waals surface area contributed by atoms with E-state index in [2.05, 4.69) is 39.5 Å². The number of rotatable bonds is 1. The average molecular weight is 294 g/mol. The van der Waals surface area contributed by atoms with Crippen molar-refractivity contribution in [2.45, 2.75) is 18.4 Å². The molecule has 0 saturated heterocycles.